The second-order valence-electron chi connectivity index (χ2n) is 5.80. The lowest BCUT2D eigenvalue weighted by Crippen LogP contribution is -2.30. The molecule has 0 aliphatic heterocycles. The highest BCUT2D eigenvalue weighted by Crippen LogP contribution is 2.43. The van der Waals surface area contributed by atoms with Gasteiger partial charge < -0.3 is 5.11 Å². The molecule has 0 atom stereocenters. The number of aryl methyl sites for hydroxylation is 1. The standard InChI is InChI=1S/C17H22N2O/c1-2-19-13-16(12-18-19)17(20)10-8-15(9-11-17)14-6-4-3-5-7-14/h3-7,12-13,15,20H,2,8-11H2,1H3. The van der Waals surface area contributed by atoms with Gasteiger partial charge in [0.05, 0.1) is 11.8 Å². The van der Waals surface area contributed by atoms with Gasteiger partial charge in [0.15, 0.2) is 0 Å². The van der Waals surface area contributed by atoms with Crippen LogP contribution in [0.2, 0.25) is 0 Å². The van der Waals surface area contributed by atoms with Crippen LogP contribution >= 0.6 is 0 Å². The van der Waals surface area contributed by atoms with Crippen LogP contribution in [0.4, 0.5) is 0 Å². The highest BCUT2D eigenvalue weighted by atomic mass is 16.3. The molecule has 1 heterocycles. The van der Waals surface area contributed by atoms with E-state index in [-0.39, 0.29) is 0 Å². The first-order chi connectivity index (χ1) is 9.71. The number of hydrogen-bond acceptors (Lipinski definition) is 2. The summed E-state index contributed by atoms with van der Waals surface area (Å²) in [6, 6.07) is 10.7. The third-order valence-corrected chi connectivity index (χ3v) is 4.58. The van der Waals surface area contributed by atoms with Crippen molar-refractivity contribution in [1.82, 2.24) is 9.78 Å². The minimum atomic E-state index is -0.682. The Hall–Kier alpha value is -1.61. The normalized spacial score (nSPS) is 26.6. The van der Waals surface area contributed by atoms with Crippen molar-refractivity contribution in [2.45, 2.75) is 50.7 Å². The summed E-state index contributed by atoms with van der Waals surface area (Å²) in [4.78, 5) is 0. The summed E-state index contributed by atoms with van der Waals surface area (Å²) in [6.07, 6.45) is 7.54. The van der Waals surface area contributed by atoms with Crippen molar-refractivity contribution in [2.75, 3.05) is 0 Å². The monoisotopic (exact) mass is 270 g/mol. The van der Waals surface area contributed by atoms with Crippen molar-refractivity contribution in [1.29, 1.82) is 0 Å². The summed E-state index contributed by atoms with van der Waals surface area (Å²) >= 11 is 0. The second-order valence-corrected chi connectivity index (χ2v) is 5.80. The zero-order valence-corrected chi connectivity index (χ0v) is 12.0. The van der Waals surface area contributed by atoms with E-state index in [2.05, 4.69) is 42.4 Å². The Bertz CT molecular complexity index is 553. The third kappa shape index (κ3) is 2.50. The molecule has 20 heavy (non-hydrogen) atoms. The number of aromatic nitrogens is 2. The van der Waals surface area contributed by atoms with Crippen LogP contribution in [0.15, 0.2) is 42.7 Å². The molecule has 0 amide bonds. The Balaban J connectivity index is 1.71. The van der Waals surface area contributed by atoms with Crippen LogP contribution < -0.4 is 0 Å². The molecule has 1 fully saturated rings. The van der Waals surface area contributed by atoms with Crippen LogP contribution in [0.3, 0.4) is 0 Å². The minimum absolute atomic E-state index is 0.581. The van der Waals surface area contributed by atoms with E-state index in [9.17, 15) is 5.11 Å². The molecule has 2 aromatic rings. The summed E-state index contributed by atoms with van der Waals surface area (Å²) in [5, 5.41) is 15.2. The van der Waals surface area contributed by atoms with Crippen molar-refractivity contribution in [3.63, 3.8) is 0 Å². The van der Waals surface area contributed by atoms with E-state index in [0.29, 0.717) is 5.92 Å². The number of rotatable bonds is 3. The van der Waals surface area contributed by atoms with E-state index in [1.54, 1.807) is 0 Å². The lowest BCUT2D eigenvalue weighted by atomic mass is 9.74. The van der Waals surface area contributed by atoms with E-state index in [1.807, 2.05) is 17.1 Å². The molecule has 1 aliphatic carbocycles. The fraction of sp³-hybridized carbons (Fsp3) is 0.471. The van der Waals surface area contributed by atoms with Gasteiger partial charge in [-0.1, -0.05) is 30.3 Å². The molecule has 3 rings (SSSR count). The van der Waals surface area contributed by atoms with Crippen molar-refractivity contribution in [3.8, 4) is 0 Å². The number of benzene rings is 1. The maximum absolute atomic E-state index is 10.9. The number of nitrogens with zero attached hydrogens (tertiary/aromatic N) is 2. The molecule has 0 bridgehead atoms. The van der Waals surface area contributed by atoms with Gasteiger partial charge in [0.1, 0.15) is 0 Å². The van der Waals surface area contributed by atoms with Crippen molar-refractivity contribution in [2.24, 2.45) is 0 Å². The number of hydrogen-bond donors (Lipinski definition) is 1. The van der Waals surface area contributed by atoms with Gasteiger partial charge in [-0.25, -0.2) is 0 Å². The molecule has 3 nitrogen and oxygen atoms in total. The van der Waals surface area contributed by atoms with Crippen LogP contribution in [-0.2, 0) is 12.1 Å². The van der Waals surface area contributed by atoms with Crippen LogP contribution in [0.1, 0.15) is 49.7 Å². The quantitative estimate of drug-likeness (QED) is 0.927. The van der Waals surface area contributed by atoms with Gasteiger partial charge >= 0.3 is 0 Å². The highest BCUT2D eigenvalue weighted by molar-refractivity contribution is 5.23. The Morgan fingerprint density at radius 1 is 1.25 bits per heavy atom. The van der Waals surface area contributed by atoms with Crippen LogP contribution in [0.5, 0.6) is 0 Å². The average Bonchev–Trinajstić information content (AvgIpc) is 2.99. The molecule has 1 aromatic carbocycles. The Morgan fingerprint density at radius 3 is 2.55 bits per heavy atom. The molecule has 0 radical (unpaired) electrons. The third-order valence-electron chi connectivity index (χ3n) is 4.58. The van der Waals surface area contributed by atoms with E-state index >= 15 is 0 Å². The first-order valence-corrected chi connectivity index (χ1v) is 7.51. The van der Waals surface area contributed by atoms with E-state index < -0.39 is 5.60 Å². The zero-order valence-electron chi connectivity index (χ0n) is 12.0. The summed E-state index contributed by atoms with van der Waals surface area (Å²) in [5.74, 6) is 0.581. The first-order valence-electron chi connectivity index (χ1n) is 7.51. The Labute approximate surface area is 120 Å². The van der Waals surface area contributed by atoms with Gasteiger partial charge in [-0.3, -0.25) is 4.68 Å². The average molecular weight is 270 g/mol. The molecular weight excluding hydrogens is 248 g/mol. The fourth-order valence-electron chi connectivity index (χ4n) is 3.22. The van der Waals surface area contributed by atoms with Gasteiger partial charge in [-0.15, -0.1) is 0 Å². The SMILES string of the molecule is CCn1cc(C2(O)CCC(c3ccccc3)CC2)cn1. The summed E-state index contributed by atoms with van der Waals surface area (Å²) in [7, 11) is 0. The van der Waals surface area contributed by atoms with Crippen LogP contribution in [0, 0.1) is 0 Å². The molecule has 0 unspecified atom stereocenters. The Kier molecular flexibility index (Phi) is 3.62. The van der Waals surface area contributed by atoms with E-state index in [0.717, 1.165) is 37.8 Å². The smallest absolute Gasteiger partial charge is 0.0927 e. The van der Waals surface area contributed by atoms with Gasteiger partial charge in [-0.2, -0.15) is 5.10 Å². The molecule has 1 aliphatic rings. The molecule has 1 saturated carbocycles. The van der Waals surface area contributed by atoms with Gasteiger partial charge in [0.25, 0.3) is 0 Å². The molecule has 106 valence electrons. The van der Waals surface area contributed by atoms with Crippen LogP contribution in [-0.4, -0.2) is 14.9 Å². The maximum Gasteiger partial charge on any atom is 0.0927 e. The first kappa shape index (κ1) is 13.4. The lowest BCUT2D eigenvalue weighted by Gasteiger charge is -2.35. The molecular formula is C17H22N2O. The summed E-state index contributed by atoms with van der Waals surface area (Å²) in [6.45, 7) is 2.91. The molecule has 0 saturated heterocycles. The topological polar surface area (TPSA) is 38.0 Å². The largest absolute Gasteiger partial charge is 0.385 e. The number of aliphatic hydroxyl groups is 1. The zero-order chi connectivity index (χ0) is 14.0. The van der Waals surface area contributed by atoms with E-state index in [4.69, 9.17) is 0 Å². The fourth-order valence-corrected chi connectivity index (χ4v) is 3.22. The van der Waals surface area contributed by atoms with E-state index in [1.165, 1.54) is 5.56 Å². The molecule has 1 aromatic heterocycles. The van der Waals surface area contributed by atoms with Crippen molar-refractivity contribution < 1.29 is 5.11 Å². The molecule has 3 heteroatoms. The lowest BCUT2D eigenvalue weighted by molar-refractivity contribution is -0.00573. The Morgan fingerprint density at radius 2 is 1.95 bits per heavy atom. The van der Waals surface area contributed by atoms with Crippen LogP contribution in [0.25, 0.3) is 0 Å². The second kappa shape index (κ2) is 5.41. The predicted octanol–water partition coefficient (Wildman–Crippen LogP) is 3.45. The molecule has 1 N–H and O–H groups in total. The van der Waals surface area contributed by atoms with Gasteiger partial charge in [-0.05, 0) is 44.1 Å². The van der Waals surface area contributed by atoms with Gasteiger partial charge in [0.2, 0.25) is 0 Å². The van der Waals surface area contributed by atoms with Gasteiger partial charge in [0, 0.05) is 18.3 Å². The summed E-state index contributed by atoms with van der Waals surface area (Å²) in [5.41, 5.74) is 1.70. The predicted molar refractivity (Wildman–Crippen MR) is 79.4 cm³/mol. The van der Waals surface area contributed by atoms with Crippen molar-refractivity contribution in [3.05, 3.63) is 53.9 Å². The summed E-state index contributed by atoms with van der Waals surface area (Å²) < 4.78 is 1.89. The molecule has 0 spiro atoms. The van der Waals surface area contributed by atoms with Crippen molar-refractivity contribution >= 4 is 0 Å². The highest BCUT2D eigenvalue weighted by Gasteiger charge is 2.36. The minimum Gasteiger partial charge on any atom is -0.385 e. The maximum atomic E-state index is 10.9.